The van der Waals surface area contributed by atoms with E-state index in [1.807, 2.05) is 36.4 Å². The number of halogens is 2. The molecule has 11 N–H and O–H groups in total. The van der Waals surface area contributed by atoms with E-state index < -0.39 is 0 Å². The highest BCUT2D eigenvalue weighted by molar-refractivity contribution is 6.33. The summed E-state index contributed by atoms with van der Waals surface area (Å²) in [6.45, 7) is 2.29. The molecule has 52 heavy (non-hydrogen) atoms. The van der Waals surface area contributed by atoms with Crippen LogP contribution in [-0.2, 0) is 0 Å². The summed E-state index contributed by atoms with van der Waals surface area (Å²) < 4.78 is 0. The van der Waals surface area contributed by atoms with Crippen molar-refractivity contribution in [3.05, 3.63) is 71.2 Å². The summed E-state index contributed by atoms with van der Waals surface area (Å²) in [5.41, 5.74) is 21.4. The minimum atomic E-state index is 0.157. The van der Waals surface area contributed by atoms with E-state index in [0.717, 1.165) is 110 Å². The largest absolute Gasteiger partial charge is 0.396 e. The first kappa shape index (κ1) is 39.4. The van der Waals surface area contributed by atoms with Crippen molar-refractivity contribution in [2.24, 2.45) is 17.2 Å². The molecule has 0 bridgehead atoms. The number of aliphatic hydroxyl groups excluding tert-OH is 1. The van der Waals surface area contributed by atoms with Gasteiger partial charge in [0.1, 0.15) is 23.3 Å². The molecule has 280 valence electrons. The van der Waals surface area contributed by atoms with Crippen molar-refractivity contribution < 1.29 is 5.11 Å². The number of rotatable bonds is 14. The summed E-state index contributed by atoms with van der Waals surface area (Å²) in [4.78, 5) is 17.5. The summed E-state index contributed by atoms with van der Waals surface area (Å²) in [5, 5.41) is 23.6. The molecule has 0 aromatic carbocycles. The normalized spacial score (nSPS) is 20.0. The molecular weight excluding hydrogens is 697 g/mol. The van der Waals surface area contributed by atoms with Gasteiger partial charge in [-0.2, -0.15) is 0 Å². The van der Waals surface area contributed by atoms with Crippen LogP contribution in [0.4, 0.5) is 23.3 Å². The third kappa shape index (κ3) is 12.1. The molecule has 6 rings (SSSR count). The van der Waals surface area contributed by atoms with Crippen LogP contribution >= 0.6 is 23.2 Å². The van der Waals surface area contributed by atoms with E-state index in [9.17, 15) is 0 Å². The first-order chi connectivity index (χ1) is 25.3. The fourth-order valence-electron chi connectivity index (χ4n) is 6.43. The van der Waals surface area contributed by atoms with Crippen LogP contribution < -0.4 is 38.5 Å². The van der Waals surface area contributed by atoms with Crippen LogP contribution in [0.25, 0.3) is 22.3 Å². The van der Waals surface area contributed by atoms with Gasteiger partial charge in [0, 0.05) is 79.8 Å². The Morgan fingerprint density at radius 3 is 1.48 bits per heavy atom. The summed E-state index contributed by atoms with van der Waals surface area (Å²) in [7, 11) is 0. The Morgan fingerprint density at radius 1 is 0.615 bits per heavy atom. The highest BCUT2D eigenvalue weighted by Gasteiger charge is 2.20. The molecule has 4 heterocycles. The van der Waals surface area contributed by atoms with Gasteiger partial charge in [0.15, 0.2) is 0 Å². The lowest BCUT2D eigenvalue weighted by Gasteiger charge is -2.27. The Balaban J connectivity index is 0.000000201. The quantitative estimate of drug-likeness (QED) is 0.0651. The van der Waals surface area contributed by atoms with Crippen molar-refractivity contribution in [2.45, 2.75) is 88.4 Å². The minimum Gasteiger partial charge on any atom is -0.396 e. The number of hydrogen-bond donors (Lipinski definition) is 8. The number of anilines is 4. The van der Waals surface area contributed by atoms with E-state index >= 15 is 0 Å². The summed E-state index contributed by atoms with van der Waals surface area (Å²) in [5.74, 6) is 3.26. The molecule has 0 unspecified atom stereocenters. The van der Waals surface area contributed by atoms with E-state index in [2.05, 4.69) is 41.2 Å². The number of hydrogen-bond acceptors (Lipinski definition) is 12. The Bertz CT molecular complexity index is 1560. The monoisotopic (exact) mass is 749 g/mol. The van der Waals surface area contributed by atoms with E-state index in [4.69, 9.17) is 45.5 Å². The number of nitrogens with one attached hydrogen (secondary N) is 4. The van der Waals surface area contributed by atoms with Crippen LogP contribution in [0.5, 0.6) is 0 Å². The molecular formula is C38H53Cl2N11O. The maximum Gasteiger partial charge on any atom is 0.126 e. The van der Waals surface area contributed by atoms with Crippen molar-refractivity contribution in [3.63, 3.8) is 0 Å². The van der Waals surface area contributed by atoms with Crippen LogP contribution in [0, 0.1) is 0 Å². The molecule has 0 amide bonds. The lowest BCUT2D eigenvalue weighted by Crippen LogP contribution is -2.33. The standard InChI is InChI=1S/C19H27ClN6.C19H26ClN5O/c20-17-12-25-19(26-15-4-2-14(22)3-5-15)11-16(17)13-6-9-24-18(10-13)23-8-1-7-21;20-17-12-24-19(25-15-4-2-14(21)3-5-15)11-16(17)13-6-8-23-18(10-13)22-7-1-9-26/h6,9-12,14-15H,1-5,7-8,21-22H2,(H,23,24)(H,25,26);6,8,10-12,14-15,26H,1-5,7,9,21H2,(H,22,23)(H,24,25). The predicted octanol–water partition coefficient (Wildman–Crippen LogP) is 6.51. The third-order valence-corrected chi connectivity index (χ3v) is 10.0. The molecule has 0 spiro atoms. The molecule has 12 nitrogen and oxygen atoms in total. The topological polar surface area (TPSA) is 198 Å². The van der Waals surface area contributed by atoms with E-state index in [0.29, 0.717) is 53.7 Å². The fourth-order valence-corrected chi connectivity index (χ4v) is 6.85. The second-order valence-corrected chi connectivity index (χ2v) is 14.4. The lowest BCUT2D eigenvalue weighted by molar-refractivity contribution is 0.292. The fraction of sp³-hybridized carbons (Fsp3) is 0.474. The molecule has 0 atom stereocenters. The summed E-state index contributed by atoms with van der Waals surface area (Å²) in [6.07, 6.45) is 17.0. The maximum atomic E-state index is 8.89. The number of pyridine rings is 4. The van der Waals surface area contributed by atoms with Crippen LogP contribution in [0.1, 0.15) is 64.2 Å². The van der Waals surface area contributed by atoms with Crippen molar-refractivity contribution in [1.82, 2.24) is 19.9 Å². The second kappa shape index (κ2) is 20.5. The van der Waals surface area contributed by atoms with Crippen LogP contribution in [0.3, 0.4) is 0 Å². The van der Waals surface area contributed by atoms with Crippen LogP contribution in [0.2, 0.25) is 10.0 Å². The maximum absolute atomic E-state index is 8.89. The zero-order chi connectivity index (χ0) is 36.7. The first-order valence-corrected chi connectivity index (χ1v) is 19.1. The van der Waals surface area contributed by atoms with Crippen molar-refractivity contribution in [1.29, 1.82) is 0 Å². The molecule has 14 heteroatoms. The van der Waals surface area contributed by atoms with E-state index in [1.165, 1.54) is 0 Å². The predicted molar refractivity (Wildman–Crippen MR) is 215 cm³/mol. The Morgan fingerprint density at radius 2 is 1.06 bits per heavy atom. The van der Waals surface area contributed by atoms with E-state index in [-0.39, 0.29) is 6.61 Å². The Kier molecular flexibility index (Phi) is 15.5. The SMILES string of the molecule is NC1CCC(Nc2cc(-c3ccnc(NCCCO)c3)c(Cl)cn2)CC1.NCCCNc1cc(-c2cc(NC3CCC(N)CC3)ncc2Cl)ccn1. The molecule has 0 radical (unpaired) electrons. The van der Waals surface area contributed by atoms with Gasteiger partial charge in [-0.25, -0.2) is 19.9 Å². The van der Waals surface area contributed by atoms with Gasteiger partial charge in [-0.15, -0.1) is 0 Å². The highest BCUT2D eigenvalue weighted by Crippen LogP contribution is 2.33. The smallest absolute Gasteiger partial charge is 0.126 e. The average Bonchev–Trinajstić information content (AvgIpc) is 3.16. The molecule has 2 saturated carbocycles. The van der Waals surface area contributed by atoms with Gasteiger partial charge in [0.2, 0.25) is 0 Å². The molecule has 0 saturated heterocycles. The average molecular weight is 751 g/mol. The minimum absolute atomic E-state index is 0.157. The van der Waals surface area contributed by atoms with Gasteiger partial charge in [0.05, 0.1) is 10.0 Å². The molecule has 2 fully saturated rings. The summed E-state index contributed by atoms with van der Waals surface area (Å²) in [6, 6.07) is 13.3. The van der Waals surface area contributed by atoms with Crippen molar-refractivity contribution in [3.8, 4) is 22.3 Å². The molecule has 2 aliphatic carbocycles. The number of nitrogens with zero attached hydrogens (tertiary/aromatic N) is 4. The molecule has 4 aromatic rings. The van der Waals surface area contributed by atoms with Gasteiger partial charge < -0.3 is 43.6 Å². The first-order valence-electron chi connectivity index (χ1n) is 18.4. The van der Waals surface area contributed by atoms with Gasteiger partial charge in [-0.05, 0) is 118 Å². The number of aromatic nitrogens is 4. The third-order valence-electron chi connectivity index (χ3n) is 9.43. The molecule has 2 aliphatic rings. The Hall–Kier alpha value is -3.78. The number of aliphatic hydroxyl groups is 1. The molecule has 0 aliphatic heterocycles. The van der Waals surface area contributed by atoms with Crippen LogP contribution in [-0.4, -0.2) is 75.5 Å². The van der Waals surface area contributed by atoms with Gasteiger partial charge in [0.25, 0.3) is 0 Å². The van der Waals surface area contributed by atoms with Crippen molar-refractivity contribution in [2.75, 3.05) is 47.5 Å². The zero-order valence-electron chi connectivity index (χ0n) is 29.7. The number of nitrogens with two attached hydrogens (primary N) is 3. The second-order valence-electron chi connectivity index (χ2n) is 13.5. The zero-order valence-corrected chi connectivity index (χ0v) is 31.2. The van der Waals surface area contributed by atoms with Gasteiger partial charge in [-0.1, -0.05) is 23.2 Å². The van der Waals surface area contributed by atoms with Crippen molar-refractivity contribution >= 4 is 46.5 Å². The Labute approximate surface area is 317 Å². The van der Waals surface area contributed by atoms with Gasteiger partial charge in [-0.3, -0.25) is 0 Å². The van der Waals surface area contributed by atoms with Gasteiger partial charge >= 0.3 is 0 Å². The summed E-state index contributed by atoms with van der Waals surface area (Å²) >= 11 is 12.8. The highest BCUT2D eigenvalue weighted by atomic mass is 35.5. The molecule has 4 aromatic heterocycles. The van der Waals surface area contributed by atoms with E-state index in [1.54, 1.807) is 24.8 Å². The van der Waals surface area contributed by atoms with Crippen LogP contribution in [0.15, 0.2) is 61.2 Å². The lowest BCUT2D eigenvalue weighted by atomic mass is 9.92.